The number of hydrogen-bond acceptors (Lipinski definition) is 4. The van der Waals surface area contributed by atoms with Gasteiger partial charge in [-0.2, -0.15) is 0 Å². The first-order valence-electron chi connectivity index (χ1n) is 10.5. The van der Waals surface area contributed by atoms with Crippen LogP contribution in [0.3, 0.4) is 0 Å². The summed E-state index contributed by atoms with van der Waals surface area (Å²) in [6.45, 7) is 9.61. The Labute approximate surface area is 173 Å². The minimum atomic E-state index is -0.701. The Morgan fingerprint density at radius 3 is 2.62 bits per heavy atom. The number of carbonyl (C=O) groups excluding carboxylic acids is 3. The summed E-state index contributed by atoms with van der Waals surface area (Å²) in [5.41, 5.74) is 0.792. The van der Waals surface area contributed by atoms with Gasteiger partial charge in [0, 0.05) is 12.6 Å². The molecule has 3 rings (SSSR count). The standard InChI is InChI=1S/C23H32N2O4/c1-5-6-11-29-21(28)17-9-7-8-10-18(17)24-19(26)20(27)25-15-23(4)13-16(25)12-22(2,3)14-23/h7-10,16H,5-6,11-15H2,1-4H3,(H,24,26). The second-order valence-corrected chi connectivity index (χ2v) is 9.64. The molecular weight excluding hydrogens is 368 g/mol. The third-order valence-corrected chi connectivity index (χ3v) is 6.00. The summed E-state index contributed by atoms with van der Waals surface area (Å²) >= 11 is 0. The van der Waals surface area contributed by atoms with E-state index in [-0.39, 0.29) is 22.4 Å². The van der Waals surface area contributed by atoms with Gasteiger partial charge in [0.1, 0.15) is 0 Å². The van der Waals surface area contributed by atoms with E-state index in [4.69, 9.17) is 4.74 Å². The van der Waals surface area contributed by atoms with Crippen LogP contribution in [0.5, 0.6) is 0 Å². The Hall–Kier alpha value is -2.37. The van der Waals surface area contributed by atoms with E-state index >= 15 is 0 Å². The molecule has 1 aromatic carbocycles. The molecule has 1 aromatic rings. The maximum atomic E-state index is 12.9. The Morgan fingerprint density at radius 1 is 1.17 bits per heavy atom. The molecule has 6 nitrogen and oxygen atoms in total. The third kappa shape index (κ3) is 4.80. The van der Waals surface area contributed by atoms with E-state index < -0.39 is 17.8 Å². The van der Waals surface area contributed by atoms with Gasteiger partial charge >= 0.3 is 17.8 Å². The quantitative estimate of drug-likeness (QED) is 0.460. The van der Waals surface area contributed by atoms with Crippen LogP contribution in [-0.2, 0) is 14.3 Å². The monoisotopic (exact) mass is 400 g/mol. The number of para-hydroxylation sites is 1. The molecule has 1 aliphatic heterocycles. The molecule has 2 fully saturated rings. The highest BCUT2D eigenvalue weighted by atomic mass is 16.5. The summed E-state index contributed by atoms with van der Waals surface area (Å²) in [5.74, 6) is -1.72. The largest absolute Gasteiger partial charge is 0.462 e. The average Bonchev–Trinajstić information content (AvgIpc) is 2.90. The van der Waals surface area contributed by atoms with Crippen molar-refractivity contribution in [2.75, 3.05) is 18.5 Å². The molecule has 1 heterocycles. The highest BCUT2D eigenvalue weighted by molar-refractivity contribution is 6.40. The van der Waals surface area contributed by atoms with Crippen molar-refractivity contribution in [3.05, 3.63) is 29.8 Å². The van der Waals surface area contributed by atoms with Gasteiger partial charge in [-0.05, 0) is 48.6 Å². The molecule has 0 radical (unpaired) electrons. The van der Waals surface area contributed by atoms with Gasteiger partial charge in [0.05, 0.1) is 17.9 Å². The Bertz CT molecular complexity index is 804. The van der Waals surface area contributed by atoms with Gasteiger partial charge in [0.15, 0.2) is 0 Å². The third-order valence-electron chi connectivity index (χ3n) is 6.00. The molecule has 6 heteroatoms. The molecule has 2 amide bonds. The number of esters is 1. The van der Waals surface area contributed by atoms with Crippen LogP contribution in [0.2, 0.25) is 0 Å². The maximum Gasteiger partial charge on any atom is 0.340 e. The summed E-state index contributed by atoms with van der Waals surface area (Å²) in [6.07, 6.45) is 4.60. The fourth-order valence-corrected chi connectivity index (χ4v) is 5.16. The van der Waals surface area contributed by atoms with Crippen LogP contribution in [-0.4, -0.2) is 41.9 Å². The Kier molecular flexibility index (Phi) is 6.01. The predicted octanol–water partition coefficient (Wildman–Crippen LogP) is 4.01. The number of anilines is 1. The van der Waals surface area contributed by atoms with Gasteiger partial charge < -0.3 is 15.0 Å². The van der Waals surface area contributed by atoms with Crippen molar-refractivity contribution in [3.63, 3.8) is 0 Å². The first-order chi connectivity index (χ1) is 13.6. The summed E-state index contributed by atoms with van der Waals surface area (Å²) in [4.78, 5) is 39.7. The second kappa shape index (κ2) is 8.17. The zero-order valence-corrected chi connectivity index (χ0v) is 17.9. The number of nitrogens with one attached hydrogen (secondary N) is 1. The van der Waals surface area contributed by atoms with E-state index in [1.54, 1.807) is 29.2 Å². The molecule has 2 atom stereocenters. The zero-order valence-electron chi connectivity index (χ0n) is 17.9. The van der Waals surface area contributed by atoms with Crippen LogP contribution in [0, 0.1) is 10.8 Å². The van der Waals surface area contributed by atoms with Crippen molar-refractivity contribution in [1.82, 2.24) is 4.90 Å². The summed E-state index contributed by atoms with van der Waals surface area (Å²) in [5, 5.41) is 2.64. The molecule has 0 spiro atoms. The lowest BCUT2D eigenvalue weighted by atomic mass is 9.65. The van der Waals surface area contributed by atoms with E-state index in [1.165, 1.54) is 0 Å². The lowest BCUT2D eigenvalue weighted by Crippen LogP contribution is -2.43. The topological polar surface area (TPSA) is 75.7 Å². The zero-order chi connectivity index (χ0) is 21.2. The molecule has 1 N–H and O–H groups in total. The number of unbranched alkanes of at least 4 members (excludes halogenated alkanes) is 1. The van der Waals surface area contributed by atoms with E-state index in [0.717, 1.165) is 32.1 Å². The number of ether oxygens (including phenoxy) is 1. The van der Waals surface area contributed by atoms with E-state index in [0.29, 0.717) is 18.8 Å². The fourth-order valence-electron chi connectivity index (χ4n) is 5.16. The number of fused-ring (bicyclic) bond motifs is 2. The molecule has 158 valence electrons. The molecular formula is C23H32N2O4. The second-order valence-electron chi connectivity index (χ2n) is 9.64. The number of rotatable bonds is 5. The molecule has 29 heavy (non-hydrogen) atoms. The molecule has 1 saturated carbocycles. The number of benzene rings is 1. The van der Waals surface area contributed by atoms with E-state index in [2.05, 4.69) is 26.1 Å². The molecule has 1 aliphatic carbocycles. The minimum Gasteiger partial charge on any atom is -0.462 e. The summed E-state index contributed by atoms with van der Waals surface area (Å²) in [7, 11) is 0. The lowest BCUT2D eigenvalue weighted by Gasteiger charge is -2.39. The maximum absolute atomic E-state index is 12.9. The van der Waals surface area contributed by atoms with Crippen LogP contribution in [0.25, 0.3) is 0 Å². The molecule has 2 unspecified atom stereocenters. The number of carbonyl (C=O) groups is 3. The first kappa shape index (κ1) is 21.3. The van der Waals surface area contributed by atoms with Gasteiger partial charge in [-0.1, -0.05) is 46.2 Å². The SMILES string of the molecule is CCCCOC(=O)c1ccccc1NC(=O)C(=O)N1CC2(C)CC1CC(C)(C)C2. The van der Waals surface area contributed by atoms with Gasteiger partial charge in [0.2, 0.25) is 0 Å². The number of amides is 2. The average molecular weight is 401 g/mol. The fraction of sp³-hybridized carbons (Fsp3) is 0.609. The van der Waals surface area contributed by atoms with Crippen molar-refractivity contribution >= 4 is 23.5 Å². The smallest absolute Gasteiger partial charge is 0.340 e. The van der Waals surface area contributed by atoms with Gasteiger partial charge in [-0.3, -0.25) is 9.59 Å². The molecule has 0 aromatic heterocycles. The van der Waals surface area contributed by atoms with Crippen LogP contribution in [0.15, 0.2) is 24.3 Å². The van der Waals surface area contributed by atoms with Crippen molar-refractivity contribution in [1.29, 1.82) is 0 Å². The summed E-state index contributed by atoms with van der Waals surface area (Å²) in [6, 6.07) is 6.74. The van der Waals surface area contributed by atoms with Crippen molar-refractivity contribution < 1.29 is 19.1 Å². The first-order valence-corrected chi connectivity index (χ1v) is 10.5. The minimum absolute atomic E-state index is 0.0589. The number of nitrogens with zero attached hydrogens (tertiary/aromatic N) is 1. The van der Waals surface area contributed by atoms with Crippen LogP contribution >= 0.6 is 0 Å². The van der Waals surface area contributed by atoms with Crippen LogP contribution in [0.1, 0.15) is 70.2 Å². The highest BCUT2D eigenvalue weighted by Crippen LogP contribution is 2.52. The van der Waals surface area contributed by atoms with Gasteiger partial charge in [-0.25, -0.2) is 4.79 Å². The molecule has 2 bridgehead atoms. The van der Waals surface area contributed by atoms with E-state index in [9.17, 15) is 14.4 Å². The Morgan fingerprint density at radius 2 is 1.90 bits per heavy atom. The molecule has 1 saturated heterocycles. The summed E-state index contributed by atoms with van der Waals surface area (Å²) < 4.78 is 5.26. The number of likely N-dealkylation sites (tertiary alicyclic amines) is 1. The molecule has 2 aliphatic rings. The van der Waals surface area contributed by atoms with Crippen molar-refractivity contribution in [3.8, 4) is 0 Å². The predicted molar refractivity (Wildman–Crippen MR) is 112 cm³/mol. The normalized spacial score (nSPS) is 24.8. The van der Waals surface area contributed by atoms with Gasteiger partial charge in [0.25, 0.3) is 0 Å². The van der Waals surface area contributed by atoms with Crippen molar-refractivity contribution in [2.24, 2.45) is 10.8 Å². The van der Waals surface area contributed by atoms with Crippen LogP contribution < -0.4 is 5.32 Å². The number of hydrogen-bond donors (Lipinski definition) is 1. The Balaban J connectivity index is 1.70. The lowest BCUT2D eigenvalue weighted by molar-refractivity contribution is -0.144. The van der Waals surface area contributed by atoms with Gasteiger partial charge in [-0.15, -0.1) is 0 Å². The van der Waals surface area contributed by atoms with E-state index in [1.807, 2.05) is 6.92 Å². The van der Waals surface area contributed by atoms with Crippen LogP contribution in [0.4, 0.5) is 5.69 Å². The van der Waals surface area contributed by atoms with Crippen molar-refractivity contribution in [2.45, 2.75) is 65.8 Å². The highest BCUT2D eigenvalue weighted by Gasteiger charge is 2.51.